The molecular formula is C16H23N5OS. The molecule has 23 heavy (non-hydrogen) atoms. The number of nitrogens with zero attached hydrogens (tertiary/aromatic N) is 4. The molecule has 0 aliphatic carbocycles. The lowest BCUT2D eigenvalue weighted by atomic mass is 10.1. The Morgan fingerprint density at radius 2 is 2.04 bits per heavy atom. The molecule has 1 N–H and O–H groups in total. The van der Waals surface area contributed by atoms with Crippen LogP contribution in [0.1, 0.15) is 37.8 Å². The first-order valence-corrected chi connectivity index (χ1v) is 8.78. The normalized spacial score (nSPS) is 12.2. The molecule has 0 radical (unpaired) electrons. The van der Waals surface area contributed by atoms with Gasteiger partial charge in [0.05, 0.1) is 11.4 Å². The summed E-state index contributed by atoms with van der Waals surface area (Å²) in [7, 11) is 0. The predicted molar refractivity (Wildman–Crippen MR) is 91.9 cm³/mol. The lowest BCUT2D eigenvalue weighted by molar-refractivity contribution is -0.119. The first kappa shape index (κ1) is 17.5. The molecule has 0 aliphatic heterocycles. The molecule has 1 heterocycles. The summed E-state index contributed by atoms with van der Waals surface area (Å²) in [6, 6.07) is 6.26. The van der Waals surface area contributed by atoms with E-state index in [9.17, 15) is 4.79 Å². The predicted octanol–water partition coefficient (Wildman–Crippen LogP) is 2.68. The molecule has 0 aliphatic rings. The fourth-order valence-corrected chi connectivity index (χ4v) is 3.19. The number of thioether (sulfide) groups is 1. The van der Waals surface area contributed by atoms with E-state index in [4.69, 9.17) is 0 Å². The zero-order valence-corrected chi connectivity index (χ0v) is 14.9. The molecule has 7 heteroatoms. The summed E-state index contributed by atoms with van der Waals surface area (Å²) in [6.07, 6.45) is 2.04. The summed E-state index contributed by atoms with van der Waals surface area (Å²) < 4.78 is 1.71. The van der Waals surface area contributed by atoms with Gasteiger partial charge in [-0.15, -0.1) is 5.10 Å². The van der Waals surface area contributed by atoms with Gasteiger partial charge in [-0.25, -0.2) is 0 Å². The van der Waals surface area contributed by atoms with Crippen molar-refractivity contribution in [2.75, 3.05) is 5.75 Å². The second-order valence-electron chi connectivity index (χ2n) is 5.66. The van der Waals surface area contributed by atoms with E-state index in [0.717, 1.165) is 29.7 Å². The van der Waals surface area contributed by atoms with Gasteiger partial charge in [0.1, 0.15) is 0 Å². The van der Waals surface area contributed by atoms with Gasteiger partial charge in [0.25, 0.3) is 0 Å². The lowest BCUT2D eigenvalue weighted by Crippen LogP contribution is -2.33. The number of carbonyl (C=O) groups excluding carboxylic acids is 1. The summed E-state index contributed by atoms with van der Waals surface area (Å²) in [5.74, 6) is 0.311. The molecule has 2 rings (SSSR count). The molecule has 0 spiro atoms. The Labute approximate surface area is 141 Å². The van der Waals surface area contributed by atoms with Crippen LogP contribution in [0.25, 0.3) is 5.69 Å². The Kier molecular flexibility index (Phi) is 6.15. The third-order valence-corrected chi connectivity index (χ3v) is 4.47. The largest absolute Gasteiger partial charge is 0.353 e. The van der Waals surface area contributed by atoms with Crippen LogP contribution < -0.4 is 5.32 Å². The third-order valence-electron chi connectivity index (χ3n) is 3.55. The van der Waals surface area contributed by atoms with Crippen molar-refractivity contribution in [3.63, 3.8) is 0 Å². The first-order chi connectivity index (χ1) is 11.0. The van der Waals surface area contributed by atoms with E-state index >= 15 is 0 Å². The molecular weight excluding hydrogens is 310 g/mol. The van der Waals surface area contributed by atoms with Crippen molar-refractivity contribution < 1.29 is 4.79 Å². The van der Waals surface area contributed by atoms with E-state index in [1.54, 1.807) is 4.68 Å². The monoisotopic (exact) mass is 333 g/mol. The van der Waals surface area contributed by atoms with Crippen LogP contribution in [0.3, 0.4) is 0 Å². The molecule has 1 aromatic carbocycles. The van der Waals surface area contributed by atoms with Crippen LogP contribution in [0.4, 0.5) is 0 Å². The van der Waals surface area contributed by atoms with Gasteiger partial charge in [-0.2, -0.15) is 4.68 Å². The van der Waals surface area contributed by atoms with Crippen LogP contribution in [0, 0.1) is 13.8 Å². The van der Waals surface area contributed by atoms with Crippen LogP contribution in [-0.2, 0) is 4.79 Å². The Morgan fingerprint density at radius 3 is 2.70 bits per heavy atom. The topological polar surface area (TPSA) is 72.7 Å². The maximum Gasteiger partial charge on any atom is 0.230 e. The molecule has 1 amide bonds. The smallest absolute Gasteiger partial charge is 0.230 e. The first-order valence-electron chi connectivity index (χ1n) is 7.80. The Morgan fingerprint density at radius 1 is 1.35 bits per heavy atom. The van der Waals surface area contributed by atoms with Crippen molar-refractivity contribution in [1.29, 1.82) is 0 Å². The summed E-state index contributed by atoms with van der Waals surface area (Å²) in [5, 5.41) is 15.5. The van der Waals surface area contributed by atoms with E-state index < -0.39 is 0 Å². The van der Waals surface area contributed by atoms with Crippen LogP contribution >= 0.6 is 11.8 Å². The Bertz CT molecular complexity index is 650. The SMILES string of the molecule is CCC[C@H](C)NC(=O)CSc1nnnn1-c1c(C)cccc1C. The van der Waals surface area contributed by atoms with Crippen molar-refractivity contribution in [2.45, 2.75) is 51.7 Å². The molecule has 0 saturated heterocycles. The van der Waals surface area contributed by atoms with Crippen molar-refractivity contribution in [3.05, 3.63) is 29.3 Å². The van der Waals surface area contributed by atoms with E-state index in [2.05, 4.69) is 27.8 Å². The van der Waals surface area contributed by atoms with Gasteiger partial charge in [0, 0.05) is 6.04 Å². The zero-order chi connectivity index (χ0) is 16.8. The van der Waals surface area contributed by atoms with Gasteiger partial charge in [0.2, 0.25) is 11.1 Å². The summed E-state index contributed by atoms with van der Waals surface area (Å²) in [6.45, 7) is 8.18. The molecule has 0 saturated carbocycles. The number of carbonyl (C=O) groups is 1. The third kappa shape index (κ3) is 4.54. The molecule has 2 aromatic rings. The second-order valence-corrected chi connectivity index (χ2v) is 6.60. The molecule has 1 aromatic heterocycles. The van der Waals surface area contributed by atoms with Crippen molar-refractivity contribution in [1.82, 2.24) is 25.5 Å². The van der Waals surface area contributed by atoms with Crippen LogP contribution in [0.5, 0.6) is 0 Å². The molecule has 0 unspecified atom stereocenters. The van der Waals surface area contributed by atoms with Crippen molar-refractivity contribution in [2.24, 2.45) is 0 Å². The van der Waals surface area contributed by atoms with Gasteiger partial charge in [-0.3, -0.25) is 4.79 Å². The maximum atomic E-state index is 12.0. The Hall–Kier alpha value is -1.89. The maximum absolute atomic E-state index is 12.0. The summed E-state index contributed by atoms with van der Waals surface area (Å²) in [5.41, 5.74) is 3.17. The van der Waals surface area contributed by atoms with Gasteiger partial charge in [-0.1, -0.05) is 43.3 Å². The van der Waals surface area contributed by atoms with Crippen LogP contribution in [0.15, 0.2) is 23.4 Å². The number of benzene rings is 1. The molecule has 0 fully saturated rings. The minimum atomic E-state index is 0.00649. The summed E-state index contributed by atoms with van der Waals surface area (Å²) in [4.78, 5) is 12.0. The fraction of sp³-hybridized carbons (Fsp3) is 0.500. The number of amides is 1. The van der Waals surface area contributed by atoms with E-state index in [0.29, 0.717) is 10.9 Å². The highest BCUT2D eigenvalue weighted by molar-refractivity contribution is 7.99. The zero-order valence-electron chi connectivity index (χ0n) is 14.0. The number of para-hydroxylation sites is 1. The van der Waals surface area contributed by atoms with Gasteiger partial charge >= 0.3 is 0 Å². The average Bonchev–Trinajstić information content (AvgIpc) is 2.93. The van der Waals surface area contributed by atoms with Crippen molar-refractivity contribution >= 4 is 17.7 Å². The number of nitrogens with one attached hydrogen (secondary N) is 1. The quantitative estimate of drug-likeness (QED) is 0.789. The number of rotatable bonds is 7. The minimum absolute atomic E-state index is 0.00649. The number of aryl methyl sites for hydroxylation is 2. The summed E-state index contributed by atoms with van der Waals surface area (Å²) >= 11 is 1.35. The fourth-order valence-electron chi connectivity index (χ4n) is 2.50. The van der Waals surface area contributed by atoms with E-state index in [-0.39, 0.29) is 11.9 Å². The number of aromatic nitrogens is 4. The minimum Gasteiger partial charge on any atom is -0.353 e. The highest BCUT2D eigenvalue weighted by Gasteiger charge is 2.15. The van der Waals surface area contributed by atoms with Gasteiger partial charge in [0.15, 0.2) is 0 Å². The molecule has 6 nitrogen and oxygen atoms in total. The van der Waals surface area contributed by atoms with Crippen LogP contribution in [0.2, 0.25) is 0 Å². The van der Waals surface area contributed by atoms with Crippen molar-refractivity contribution in [3.8, 4) is 5.69 Å². The lowest BCUT2D eigenvalue weighted by Gasteiger charge is -2.13. The standard InChI is InChI=1S/C16H23N5OS/c1-5-7-13(4)17-14(22)10-23-16-18-19-20-21(16)15-11(2)8-6-9-12(15)3/h6,8-9,13H,5,7,10H2,1-4H3,(H,17,22)/t13-/m0/s1. The van der Waals surface area contributed by atoms with E-state index in [1.807, 2.05) is 39.0 Å². The van der Waals surface area contributed by atoms with Gasteiger partial charge < -0.3 is 5.32 Å². The van der Waals surface area contributed by atoms with Gasteiger partial charge in [-0.05, 0) is 48.7 Å². The molecule has 124 valence electrons. The molecule has 1 atom stereocenters. The second kappa shape index (κ2) is 8.10. The molecule has 0 bridgehead atoms. The highest BCUT2D eigenvalue weighted by Crippen LogP contribution is 2.23. The average molecular weight is 333 g/mol. The number of hydrogen-bond acceptors (Lipinski definition) is 5. The van der Waals surface area contributed by atoms with Crippen LogP contribution in [-0.4, -0.2) is 37.9 Å². The number of tetrazole rings is 1. The highest BCUT2D eigenvalue weighted by atomic mass is 32.2. The number of hydrogen-bond donors (Lipinski definition) is 1. The Balaban J connectivity index is 2.06. The van der Waals surface area contributed by atoms with E-state index in [1.165, 1.54) is 11.8 Å².